The fourth-order valence-electron chi connectivity index (χ4n) is 2.92. The molecule has 0 saturated carbocycles. The molecule has 5 nitrogen and oxygen atoms in total. The van der Waals surface area contributed by atoms with Crippen molar-refractivity contribution in [1.29, 1.82) is 0 Å². The minimum absolute atomic E-state index is 0.179. The standard InChI is InChI=1S/C19H15ClN4O/c1-10-7-12(5-6-23-10)17-18-15(16(21)19(22)25-18)14(9-24-17)11-3-2-4-13(20)8-11/h2-9H,21-22H2,1H3. The third kappa shape index (κ3) is 2.58. The van der Waals surface area contributed by atoms with Crippen molar-refractivity contribution in [2.45, 2.75) is 6.92 Å². The molecule has 0 fully saturated rings. The molecule has 0 bridgehead atoms. The summed E-state index contributed by atoms with van der Waals surface area (Å²) in [6.45, 7) is 1.92. The van der Waals surface area contributed by atoms with Gasteiger partial charge in [-0.3, -0.25) is 9.97 Å². The van der Waals surface area contributed by atoms with Gasteiger partial charge >= 0.3 is 0 Å². The van der Waals surface area contributed by atoms with Crippen LogP contribution >= 0.6 is 11.6 Å². The Hall–Kier alpha value is -3.05. The van der Waals surface area contributed by atoms with Crippen molar-refractivity contribution in [3.8, 4) is 22.4 Å². The van der Waals surface area contributed by atoms with Crippen LogP contribution in [0.25, 0.3) is 33.4 Å². The number of furan rings is 1. The van der Waals surface area contributed by atoms with E-state index < -0.39 is 0 Å². The normalized spacial score (nSPS) is 11.1. The lowest BCUT2D eigenvalue weighted by molar-refractivity contribution is 0.638. The number of nitrogen functional groups attached to an aromatic ring is 2. The third-order valence-corrected chi connectivity index (χ3v) is 4.32. The van der Waals surface area contributed by atoms with Gasteiger partial charge in [-0.1, -0.05) is 23.7 Å². The number of hydrogen-bond donors (Lipinski definition) is 2. The molecule has 4 aromatic rings. The summed E-state index contributed by atoms with van der Waals surface area (Å²) in [4.78, 5) is 8.82. The number of nitrogens with zero attached hydrogens (tertiary/aromatic N) is 2. The van der Waals surface area contributed by atoms with Crippen molar-refractivity contribution in [2.24, 2.45) is 0 Å². The first-order valence-electron chi connectivity index (χ1n) is 7.70. The number of hydrogen-bond acceptors (Lipinski definition) is 5. The van der Waals surface area contributed by atoms with E-state index in [0.717, 1.165) is 27.8 Å². The van der Waals surface area contributed by atoms with E-state index in [2.05, 4.69) is 9.97 Å². The smallest absolute Gasteiger partial charge is 0.215 e. The Balaban J connectivity index is 2.04. The summed E-state index contributed by atoms with van der Waals surface area (Å²) in [5, 5.41) is 1.37. The summed E-state index contributed by atoms with van der Waals surface area (Å²) in [6.07, 6.45) is 3.50. The number of rotatable bonds is 2. The Morgan fingerprint density at radius 3 is 2.64 bits per heavy atom. The molecule has 0 unspecified atom stereocenters. The maximum Gasteiger partial charge on any atom is 0.215 e. The molecule has 0 atom stereocenters. The Kier molecular flexibility index (Phi) is 3.58. The molecule has 0 radical (unpaired) electrons. The molecule has 0 aliphatic heterocycles. The average Bonchev–Trinajstić information content (AvgIpc) is 2.89. The molecule has 124 valence electrons. The number of aromatic nitrogens is 2. The molecule has 0 saturated heterocycles. The molecule has 6 heteroatoms. The van der Waals surface area contributed by atoms with Gasteiger partial charge in [0.25, 0.3) is 0 Å². The van der Waals surface area contributed by atoms with Crippen molar-refractivity contribution in [3.63, 3.8) is 0 Å². The second-order valence-corrected chi connectivity index (χ2v) is 6.24. The number of halogens is 1. The summed E-state index contributed by atoms with van der Waals surface area (Å²) >= 11 is 6.13. The minimum Gasteiger partial charge on any atom is -0.436 e. The topological polar surface area (TPSA) is 91.0 Å². The van der Waals surface area contributed by atoms with Gasteiger partial charge in [-0.15, -0.1) is 0 Å². The fourth-order valence-corrected chi connectivity index (χ4v) is 3.11. The minimum atomic E-state index is 0.179. The maximum atomic E-state index is 6.20. The summed E-state index contributed by atoms with van der Waals surface area (Å²) in [7, 11) is 0. The number of benzene rings is 1. The van der Waals surface area contributed by atoms with Crippen LogP contribution in [-0.2, 0) is 0 Å². The molecule has 0 aliphatic rings. The van der Waals surface area contributed by atoms with Crippen LogP contribution in [0.4, 0.5) is 11.6 Å². The Bertz CT molecular complexity index is 1100. The number of pyridine rings is 2. The van der Waals surface area contributed by atoms with Gasteiger partial charge in [0.05, 0.1) is 5.39 Å². The molecular weight excluding hydrogens is 336 g/mol. The lowest BCUT2D eigenvalue weighted by Crippen LogP contribution is -1.92. The highest BCUT2D eigenvalue weighted by Gasteiger charge is 2.20. The van der Waals surface area contributed by atoms with Crippen LogP contribution < -0.4 is 11.5 Å². The van der Waals surface area contributed by atoms with Crippen molar-refractivity contribution in [1.82, 2.24) is 9.97 Å². The first-order chi connectivity index (χ1) is 12.0. The third-order valence-electron chi connectivity index (χ3n) is 4.09. The van der Waals surface area contributed by atoms with E-state index in [-0.39, 0.29) is 5.88 Å². The molecule has 1 aromatic carbocycles. The van der Waals surface area contributed by atoms with Gasteiger partial charge in [-0.05, 0) is 36.8 Å². The van der Waals surface area contributed by atoms with E-state index in [4.69, 9.17) is 27.5 Å². The zero-order valence-corrected chi connectivity index (χ0v) is 14.2. The first kappa shape index (κ1) is 15.5. The lowest BCUT2D eigenvalue weighted by Gasteiger charge is -2.08. The maximum absolute atomic E-state index is 6.20. The molecule has 3 heterocycles. The van der Waals surface area contributed by atoms with Gasteiger partial charge in [0, 0.05) is 34.2 Å². The molecule has 0 aliphatic carbocycles. The van der Waals surface area contributed by atoms with E-state index in [1.807, 2.05) is 43.3 Å². The van der Waals surface area contributed by atoms with Crippen molar-refractivity contribution < 1.29 is 4.42 Å². The van der Waals surface area contributed by atoms with Gasteiger partial charge in [0.15, 0.2) is 5.58 Å². The molecule has 4 rings (SSSR count). The van der Waals surface area contributed by atoms with Crippen LogP contribution in [0.3, 0.4) is 0 Å². The van der Waals surface area contributed by atoms with Gasteiger partial charge in [0.2, 0.25) is 5.88 Å². The van der Waals surface area contributed by atoms with Crippen molar-refractivity contribution in [2.75, 3.05) is 11.5 Å². The Labute approximate surface area is 149 Å². The van der Waals surface area contributed by atoms with Crippen LogP contribution in [0, 0.1) is 6.92 Å². The second-order valence-electron chi connectivity index (χ2n) is 5.80. The van der Waals surface area contributed by atoms with E-state index in [1.54, 1.807) is 12.4 Å². The van der Waals surface area contributed by atoms with Crippen LogP contribution in [0.2, 0.25) is 5.02 Å². The molecule has 25 heavy (non-hydrogen) atoms. The Morgan fingerprint density at radius 1 is 1.04 bits per heavy atom. The SMILES string of the molecule is Cc1cc(-c2ncc(-c3cccc(Cl)c3)c3c(N)c(N)oc23)ccn1. The molecule has 3 aromatic heterocycles. The number of anilines is 2. The van der Waals surface area contributed by atoms with E-state index in [0.29, 0.717) is 22.0 Å². The zero-order valence-electron chi connectivity index (χ0n) is 13.5. The zero-order chi connectivity index (χ0) is 17.6. The highest BCUT2D eigenvalue weighted by Crippen LogP contribution is 2.41. The second kappa shape index (κ2) is 5.79. The van der Waals surface area contributed by atoms with Crippen LogP contribution in [-0.4, -0.2) is 9.97 Å². The van der Waals surface area contributed by atoms with E-state index in [9.17, 15) is 0 Å². The highest BCUT2D eigenvalue weighted by molar-refractivity contribution is 6.31. The summed E-state index contributed by atoms with van der Waals surface area (Å²) in [5.41, 5.74) is 17.3. The van der Waals surface area contributed by atoms with Crippen LogP contribution in [0.1, 0.15) is 5.69 Å². The van der Waals surface area contributed by atoms with Crippen LogP contribution in [0.15, 0.2) is 53.2 Å². The predicted octanol–water partition coefficient (Wildman–Crippen LogP) is 4.68. The Morgan fingerprint density at radius 2 is 1.88 bits per heavy atom. The monoisotopic (exact) mass is 350 g/mol. The van der Waals surface area contributed by atoms with Crippen molar-refractivity contribution >= 4 is 34.1 Å². The van der Waals surface area contributed by atoms with Gasteiger partial charge in [0.1, 0.15) is 11.4 Å². The van der Waals surface area contributed by atoms with Gasteiger partial charge in [-0.25, -0.2) is 0 Å². The molecule has 0 spiro atoms. The molecule has 4 N–H and O–H groups in total. The highest BCUT2D eigenvalue weighted by atomic mass is 35.5. The number of aryl methyl sites for hydroxylation is 1. The fraction of sp³-hybridized carbons (Fsp3) is 0.0526. The molecular formula is C19H15ClN4O. The lowest BCUT2D eigenvalue weighted by atomic mass is 10.0. The first-order valence-corrected chi connectivity index (χ1v) is 8.08. The van der Waals surface area contributed by atoms with Gasteiger partial charge in [-0.2, -0.15) is 0 Å². The number of nitrogens with two attached hydrogens (primary N) is 2. The average molecular weight is 351 g/mol. The largest absolute Gasteiger partial charge is 0.436 e. The summed E-state index contributed by atoms with van der Waals surface area (Å²) in [6, 6.07) is 11.3. The quantitative estimate of drug-likeness (QED) is 0.547. The van der Waals surface area contributed by atoms with Crippen molar-refractivity contribution in [3.05, 3.63) is 59.5 Å². The van der Waals surface area contributed by atoms with E-state index in [1.165, 1.54) is 0 Å². The predicted molar refractivity (Wildman–Crippen MR) is 101 cm³/mol. The molecule has 0 amide bonds. The van der Waals surface area contributed by atoms with Crippen LogP contribution in [0.5, 0.6) is 0 Å². The van der Waals surface area contributed by atoms with Gasteiger partial charge < -0.3 is 15.9 Å². The summed E-state index contributed by atoms with van der Waals surface area (Å²) in [5.74, 6) is 0.179. The van der Waals surface area contributed by atoms with E-state index >= 15 is 0 Å². The summed E-state index contributed by atoms with van der Waals surface area (Å²) < 4.78 is 5.75. The number of fused-ring (bicyclic) bond motifs is 1.